The molecule has 2 bridgehead atoms. The van der Waals surface area contributed by atoms with Gasteiger partial charge in [0, 0.05) is 12.6 Å². The maximum absolute atomic E-state index is 12.7. The number of rotatable bonds is 3. The van der Waals surface area contributed by atoms with Crippen molar-refractivity contribution in [2.24, 2.45) is 22.2 Å². The molecule has 4 aliphatic rings. The van der Waals surface area contributed by atoms with E-state index in [-0.39, 0.29) is 17.8 Å². The van der Waals surface area contributed by atoms with Crippen LogP contribution in [0, 0.1) is 11.3 Å². The number of carbonyl (C=O) groups is 1. The highest BCUT2D eigenvalue weighted by atomic mass is 16.4. The molecule has 0 aromatic rings. The van der Waals surface area contributed by atoms with E-state index in [1.165, 1.54) is 12.8 Å². The molecule has 0 spiro atoms. The van der Waals surface area contributed by atoms with Crippen LogP contribution in [0.2, 0.25) is 0 Å². The second-order valence-corrected chi connectivity index (χ2v) is 6.49. The van der Waals surface area contributed by atoms with E-state index in [9.17, 15) is 4.79 Å². The first-order chi connectivity index (χ1) is 9.65. The standard InChI is InChI=1S/C14H24N4O2/c15-12(17-20)14(5-1-2-6-14)13(19)16-11-9-18-7-3-10(11)4-8-18/h10-11,20H,1-9H2,(H2,15,17)(H,16,19). The fourth-order valence-corrected chi connectivity index (χ4v) is 4.11. The SMILES string of the molecule is NC(=NO)C1(C(=O)NC2CN3CCC2CC3)CCCC1. The fourth-order valence-electron chi connectivity index (χ4n) is 4.11. The Bertz CT molecular complexity index is 409. The largest absolute Gasteiger partial charge is 0.409 e. The molecule has 4 rings (SSSR count). The molecule has 112 valence electrons. The quantitative estimate of drug-likeness (QED) is 0.304. The van der Waals surface area contributed by atoms with Gasteiger partial charge in [-0.2, -0.15) is 0 Å². The Morgan fingerprint density at radius 1 is 1.30 bits per heavy atom. The molecule has 4 N–H and O–H groups in total. The predicted octanol–water partition coefficient (Wildman–Crippen LogP) is 0.504. The zero-order chi connectivity index (χ0) is 14.2. The molecule has 1 saturated carbocycles. The minimum atomic E-state index is -0.777. The molecule has 3 aliphatic heterocycles. The number of fused-ring (bicyclic) bond motifs is 3. The molecular formula is C14H24N4O2. The van der Waals surface area contributed by atoms with Gasteiger partial charge in [-0.1, -0.05) is 18.0 Å². The molecule has 1 atom stereocenters. The highest BCUT2D eigenvalue weighted by Crippen LogP contribution is 2.39. The zero-order valence-corrected chi connectivity index (χ0v) is 11.8. The summed E-state index contributed by atoms with van der Waals surface area (Å²) in [5, 5.41) is 15.3. The number of nitrogens with two attached hydrogens (primary N) is 1. The monoisotopic (exact) mass is 280 g/mol. The van der Waals surface area contributed by atoms with Crippen molar-refractivity contribution in [3.8, 4) is 0 Å². The summed E-state index contributed by atoms with van der Waals surface area (Å²) < 4.78 is 0. The van der Waals surface area contributed by atoms with E-state index in [0.717, 1.165) is 32.5 Å². The number of carbonyl (C=O) groups excluding carboxylic acids is 1. The number of amidine groups is 1. The van der Waals surface area contributed by atoms with Crippen LogP contribution in [0.5, 0.6) is 0 Å². The van der Waals surface area contributed by atoms with Gasteiger partial charge in [-0.25, -0.2) is 0 Å². The van der Waals surface area contributed by atoms with Crippen LogP contribution in [0.3, 0.4) is 0 Å². The third-order valence-electron chi connectivity index (χ3n) is 5.46. The molecule has 4 fully saturated rings. The van der Waals surface area contributed by atoms with E-state index in [1.54, 1.807) is 0 Å². The van der Waals surface area contributed by atoms with Crippen molar-refractivity contribution >= 4 is 11.7 Å². The molecule has 1 aliphatic carbocycles. The van der Waals surface area contributed by atoms with Crippen LogP contribution >= 0.6 is 0 Å². The summed E-state index contributed by atoms with van der Waals surface area (Å²) in [4.78, 5) is 15.1. The minimum Gasteiger partial charge on any atom is -0.409 e. The molecule has 0 aromatic carbocycles. The lowest BCUT2D eigenvalue weighted by Gasteiger charge is -2.45. The van der Waals surface area contributed by atoms with Gasteiger partial charge in [0.25, 0.3) is 0 Å². The van der Waals surface area contributed by atoms with Crippen molar-refractivity contribution in [3.05, 3.63) is 0 Å². The summed E-state index contributed by atoms with van der Waals surface area (Å²) in [5.74, 6) is 0.632. The van der Waals surface area contributed by atoms with E-state index < -0.39 is 5.41 Å². The van der Waals surface area contributed by atoms with E-state index in [0.29, 0.717) is 18.8 Å². The van der Waals surface area contributed by atoms with Crippen LogP contribution in [-0.2, 0) is 4.79 Å². The fraction of sp³-hybridized carbons (Fsp3) is 0.857. The molecule has 1 unspecified atom stereocenters. The molecule has 6 heteroatoms. The van der Waals surface area contributed by atoms with Crippen molar-refractivity contribution < 1.29 is 10.0 Å². The van der Waals surface area contributed by atoms with E-state index in [2.05, 4.69) is 15.4 Å². The lowest BCUT2D eigenvalue weighted by molar-refractivity contribution is -0.129. The number of amides is 1. The summed E-state index contributed by atoms with van der Waals surface area (Å²) in [6, 6.07) is 0.231. The Morgan fingerprint density at radius 2 is 1.95 bits per heavy atom. The maximum atomic E-state index is 12.7. The van der Waals surface area contributed by atoms with Crippen LogP contribution in [0.25, 0.3) is 0 Å². The van der Waals surface area contributed by atoms with Gasteiger partial charge in [-0.15, -0.1) is 0 Å². The predicted molar refractivity (Wildman–Crippen MR) is 75.4 cm³/mol. The van der Waals surface area contributed by atoms with Crippen LogP contribution < -0.4 is 11.1 Å². The summed E-state index contributed by atoms with van der Waals surface area (Å²) in [7, 11) is 0. The molecule has 20 heavy (non-hydrogen) atoms. The third kappa shape index (κ3) is 2.16. The molecule has 3 saturated heterocycles. The van der Waals surface area contributed by atoms with Crippen molar-refractivity contribution in [1.29, 1.82) is 0 Å². The summed E-state index contributed by atoms with van der Waals surface area (Å²) >= 11 is 0. The number of hydrogen-bond acceptors (Lipinski definition) is 4. The van der Waals surface area contributed by atoms with Gasteiger partial charge >= 0.3 is 0 Å². The van der Waals surface area contributed by atoms with E-state index in [4.69, 9.17) is 10.9 Å². The van der Waals surface area contributed by atoms with Gasteiger partial charge in [0.15, 0.2) is 5.84 Å². The van der Waals surface area contributed by atoms with E-state index >= 15 is 0 Å². The average Bonchev–Trinajstić information content (AvgIpc) is 2.98. The summed E-state index contributed by atoms with van der Waals surface area (Å²) in [5.41, 5.74) is 5.05. The van der Waals surface area contributed by atoms with Gasteiger partial charge in [-0.05, 0) is 44.7 Å². The Labute approximate surface area is 119 Å². The van der Waals surface area contributed by atoms with Gasteiger partial charge < -0.3 is 21.2 Å². The Balaban J connectivity index is 1.71. The maximum Gasteiger partial charge on any atom is 0.234 e. The number of piperidine rings is 3. The van der Waals surface area contributed by atoms with Crippen molar-refractivity contribution in [2.45, 2.75) is 44.6 Å². The van der Waals surface area contributed by atoms with E-state index in [1.807, 2.05) is 0 Å². The van der Waals surface area contributed by atoms with Crippen LogP contribution in [0.15, 0.2) is 5.16 Å². The molecule has 0 aromatic heterocycles. The van der Waals surface area contributed by atoms with Crippen molar-refractivity contribution in [3.63, 3.8) is 0 Å². The molecule has 0 radical (unpaired) electrons. The van der Waals surface area contributed by atoms with Gasteiger partial charge in [-0.3, -0.25) is 4.79 Å². The lowest BCUT2D eigenvalue weighted by atomic mass is 9.80. The van der Waals surface area contributed by atoms with Crippen LogP contribution in [0.4, 0.5) is 0 Å². The Kier molecular flexibility index (Phi) is 3.58. The topological polar surface area (TPSA) is 91.0 Å². The molecule has 3 heterocycles. The average molecular weight is 280 g/mol. The highest BCUT2D eigenvalue weighted by Gasteiger charge is 2.47. The number of oxime groups is 1. The highest BCUT2D eigenvalue weighted by molar-refractivity contribution is 6.07. The number of nitrogens with zero attached hydrogens (tertiary/aromatic N) is 2. The Hall–Kier alpha value is -1.30. The number of nitrogens with one attached hydrogen (secondary N) is 1. The normalized spacial score (nSPS) is 36.0. The first-order valence-electron chi connectivity index (χ1n) is 7.67. The second-order valence-electron chi connectivity index (χ2n) is 6.49. The first kappa shape index (κ1) is 13.7. The lowest BCUT2D eigenvalue weighted by Crippen LogP contribution is -2.60. The third-order valence-corrected chi connectivity index (χ3v) is 5.46. The Morgan fingerprint density at radius 3 is 2.45 bits per heavy atom. The van der Waals surface area contributed by atoms with Gasteiger partial charge in [0.1, 0.15) is 5.41 Å². The summed E-state index contributed by atoms with van der Waals surface area (Å²) in [6.45, 7) is 3.26. The minimum absolute atomic E-state index is 0.0379. The first-order valence-corrected chi connectivity index (χ1v) is 7.67. The zero-order valence-electron chi connectivity index (χ0n) is 11.8. The molecule has 6 nitrogen and oxygen atoms in total. The van der Waals surface area contributed by atoms with Crippen molar-refractivity contribution in [1.82, 2.24) is 10.2 Å². The number of hydrogen-bond donors (Lipinski definition) is 3. The van der Waals surface area contributed by atoms with Crippen LogP contribution in [0.1, 0.15) is 38.5 Å². The second kappa shape index (κ2) is 5.24. The van der Waals surface area contributed by atoms with Gasteiger partial charge in [0.2, 0.25) is 5.91 Å². The van der Waals surface area contributed by atoms with Crippen molar-refractivity contribution in [2.75, 3.05) is 19.6 Å². The smallest absolute Gasteiger partial charge is 0.234 e. The molecular weight excluding hydrogens is 256 g/mol. The molecule has 1 amide bonds. The summed E-state index contributed by atoms with van der Waals surface area (Å²) in [6.07, 6.45) is 5.64. The van der Waals surface area contributed by atoms with Crippen LogP contribution in [-0.4, -0.2) is 47.5 Å². The van der Waals surface area contributed by atoms with Gasteiger partial charge in [0.05, 0.1) is 0 Å².